The van der Waals surface area contributed by atoms with Crippen LogP contribution in [0.15, 0.2) is 18.3 Å². The minimum Gasteiger partial charge on any atom is -0.638 e. The molecule has 0 aliphatic carbocycles. The van der Waals surface area contributed by atoms with Gasteiger partial charge in [-0.2, -0.15) is 0 Å². The number of aromatic nitrogens is 1. The monoisotopic (exact) mass is 383 g/mol. The van der Waals surface area contributed by atoms with Gasteiger partial charge in [0.05, 0.1) is 6.61 Å². The summed E-state index contributed by atoms with van der Waals surface area (Å²) in [7, 11) is 0. The van der Waals surface area contributed by atoms with E-state index in [-0.39, 0.29) is 32.7 Å². The summed E-state index contributed by atoms with van der Waals surface area (Å²) in [5, 5.41) is 3.84. The molecule has 1 atom stereocenters. The van der Waals surface area contributed by atoms with E-state index in [1.165, 1.54) is 0 Å². The average Bonchev–Trinajstić information content (AvgIpc) is 2.74. The number of carbonyl (C=O) groups is 2. The van der Waals surface area contributed by atoms with Gasteiger partial charge in [-0.1, -0.05) is 0 Å². The van der Waals surface area contributed by atoms with Crippen LogP contribution in [0.1, 0.15) is 38.2 Å². The van der Waals surface area contributed by atoms with Crippen molar-refractivity contribution in [1.29, 1.82) is 0 Å². The van der Waals surface area contributed by atoms with Gasteiger partial charge in [-0.25, -0.2) is 10.8 Å². The first-order valence-corrected chi connectivity index (χ1v) is 6.82. The molecule has 0 fully saturated rings. The van der Waals surface area contributed by atoms with Crippen LogP contribution >= 0.6 is 0 Å². The van der Waals surface area contributed by atoms with E-state index in [0.717, 1.165) is 0 Å². The summed E-state index contributed by atoms with van der Waals surface area (Å²) in [6.45, 7) is 11.4. The minimum atomic E-state index is -0.660. The molecule has 1 radical (unpaired) electrons. The molecule has 0 bridgehead atoms. The third-order valence-electron chi connectivity index (χ3n) is 2.40. The number of ether oxygens (including phenoxy) is 2. The molecule has 7 heteroatoms. The Bertz CT molecular complexity index is 494. The van der Waals surface area contributed by atoms with Gasteiger partial charge in [0.2, 0.25) is 6.09 Å². The Morgan fingerprint density at radius 3 is 2.59 bits per heavy atom. The second-order valence-electron chi connectivity index (χ2n) is 5.53. The third-order valence-corrected chi connectivity index (χ3v) is 2.40. The molecule has 6 nitrogen and oxygen atoms in total. The first-order valence-electron chi connectivity index (χ1n) is 6.82. The van der Waals surface area contributed by atoms with Gasteiger partial charge in [0, 0.05) is 38.9 Å². The summed E-state index contributed by atoms with van der Waals surface area (Å²) in [6, 6.07) is 2.82. The summed E-state index contributed by atoms with van der Waals surface area (Å²) in [6.07, 6.45) is 1.06. The molecule has 0 aliphatic rings. The zero-order valence-corrected chi connectivity index (χ0v) is 16.4. The summed E-state index contributed by atoms with van der Waals surface area (Å²) in [4.78, 5) is 23.3. The fourth-order valence-corrected chi connectivity index (χ4v) is 1.67. The Morgan fingerprint density at radius 2 is 2.05 bits per heavy atom. The van der Waals surface area contributed by atoms with Gasteiger partial charge in [0.25, 0.3) is 0 Å². The Kier molecular flexibility index (Phi) is 8.93. The summed E-state index contributed by atoms with van der Waals surface area (Å²) in [5.41, 5.74) is -0.186. The van der Waals surface area contributed by atoms with Gasteiger partial charge in [0.1, 0.15) is 11.3 Å². The van der Waals surface area contributed by atoms with Gasteiger partial charge in [-0.05, 0) is 46.4 Å². The number of rotatable bonds is 5. The van der Waals surface area contributed by atoms with Crippen LogP contribution in [0.3, 0.4) is 0 Å². The van der Waals surface area contributed by atoms with Crippen molar-refractivity contribution in [2.24, 2.45) is 0 Å². The van der Waals surface area contributed by atoms with Gasteiger partial charge in [0.15, 0.2) is 0 Å². The van der Waals surface area contributed by atoms with Gasteiger partial charge in [-0.3, -0.25) is 4.79 Å². The van der Waals surface area contributed by atoms with E-state index in [9.17, 15) is 9.59 Å². The van der Waals surface area contributed by atoms with Crippen LogP contribution < -0.4 is 0 Å². The van der Waals surface area contributed by atoms with E-state index in [2.05, 4.69) is 12.2 Å². The Labute approximate surface area is 156 Å². The summed E-state index contributed by atoms with van der Waals surface area (Å²) < 4.78 is 11.7. The SMILES string of the molecule is [CH2-]C(Cn1cccc1C(=O)OCC)[N-]C(=O)OC(C)(C)C.[Y]. The van der Waals surface area contributed by atoms with Gasteiger partial charge in [-0.15, -0.1) is 0 Å². The van der Waals surface area contributed by atoms with Crippen molar-refractivity contribution in [1.82, 2.24) is 4.57 Å². The molecule has 1 rings (SSSR count). The molecule has 1 amide bonds. The number of carbonyl (C=O) groups excluding carboxylic acids is 2. The van der Waals surface area contributed by atoms with Crippen LogP contribution in [0.2, 0.25) is 0 Å². The number of hydrogen-bond donors (Lipinski definition) is 0. The molecular formula is C15H22N2O4Y-2. The molecule has 0 aliphatic heterocycles. The van der Waals surface area contributed by atoms with Gasteiger partial charge >= 0.3 is 5.97 Å². The van der Waals surface area contributed by atoms with Crippen molar-refractivity contribution in [3.8, 4) is 0 Å². The van der Waals surface area contributed by atoms with Crippen LogP contribution in [-0.4, -0.2) is 34.9 Å². The molecule has 1 aromatic rings. The predicted octanol–water partition coefficient (Wildman–Crippen LogP) is 3.17. The Morgan fingerprint density at radius 1 is 1.41 bits per heavy atom. The molecule has 0 saturated carbocycles. The van der Waals surface area contributed by atoms with Crippen LogP contribution in [0, 0.1) is 6.92 Å². The smallest absolute Gasteiger partial charge is 0.354 e. The van der Waals surface area contributed by atoms with E-state index in [1.54, 1.807) is 50.6 Å². The zero-order valence-electron chi connectivity index (χ0n) is 13.5. The van der Waals surface area contributed by atoms with E-state index in [1.807, 2.05) is 0 Å². The van der Waals surface area contributed by atoms with E-state index < -0.39 is 23.7 Å². The van der Waals surface area contributed by atoms with Crippen LogP contribution in [0.5, 0.6) is 0 Å². The Balaban J connectivity index is 0.00000441. The fraction of sp³-hybridized carbons (Fsp3) is 0.533. The van der Waals surface area contributed by atoms with Crippen molar-refractivity contribution >= 4 is 12.1 Å². The largest absolute Gasteiger partial charge is 0.638 e. The van der Waals surface area contributed by atoms with Crippen LogP contribution in [0.4, 0.5) is 4.79 Å². The second-order valence-corrected chi connectivity index (χ2v) is 5.53. The molecule has 0 saturated heterocycles. The molecule has 1 aromatic heterocycles. The fourth-order valence-electron chi connectivity index (χ4n) is 1.67. The summed E-state index contributed by atoms with van der Waals surface area (Å²) >= 11 is 0. The standard InChI is InChI=1S/C15H23N2O4.Y/c1-6-20-13(18)12-8-7-9-17(12)10-11(2)16-14(19)21-15(3,4)5;/h7-9,11H,2,6,10H2,1,3-5H3,(H,16,19);/q-1;/p-1. The molecule has 121 valence electrons. The van der Waals surface area contributed by atoms with Gasteiger partial charge < -0.3 is 26.3 Å². The number of nitrogens with zero attached hydrogens (tertiary/aromatic N) is 2. The number of amides is 1. The van der Waals surface area contributed by atoms with E-state index in [0.29, 0.717) is 18.8 Å². The topological polar surface area (TPSA) is 71.6 Å². The minimum absolute atomic E-state index is 0. The van der Waals surface area contributed by atoms with E-state index in [4.69, 9.17) is 9.47 Å². The first-order chi connectivity index (χ1) is 9.73. The molecule has 1 heterocycles. The van der Waals surface area contributed by atoms with Crippen molar-refractivity contribution in [3.05, 3.63) is 36.3 Å². The maximum absolute atomic E-state index is 11.7. The number of hydrogen-bond acceptors (Lipinski definition) is 4. The van der Waals surface area contributed by atoms with Crippen molar-refractivity contribution in [3.63, 3.8) is 0 Å². The zero-order chi connectivity index (χ0) is 16.0. The molecular weight excluding hydrogens is 361 g/mol. The predicted molar refractivity (Wildman–Crippen MR) is 79.1 cm³/mol. The number of esters is 1. The van der Waals surface area contributed by atoms with Crippen LogP contribution in [0.25, 0.3) is 5.32 Å². The third kappa shape index (κ3) is 7.41. The molecule has 22 heavy (non-hydrogen) atoms. The molecule has 0 N–H and O–H groups in total. The molecule has 1 unspecified atom stereocenters. The molecule has 0 spiro atoms. The first kappa shape index (κ1) is 21.1. The summed E-state index contributed by atoms with van der Waals surface area (Å²) in [5.74, 6) is -0.410. The second kappa shape index (κ2) is 9.30. The van der Waals surface area contributed by atoms with Crippen LogP contribution in [-0.2, 0) is 48.7 Å². The molecule has 0 aromatic carbocycles. The van der Waals surface area contributed by atoms with E-state index >= 15 is 0 Å². The normalized spacial score (nSPS) is 12.0. The maximum Gasteiger partial charge on any atom is 0.354 e. The Hall–Kier alpha value is -0.876. The quantitative estimate of drug-likeness (QED) is 0.579. The van der Waals surface area contributed by atoms with Crippen molar-refractivity contribution in [2.45, 2.75) is 45.9 Å². The van der Waals surface area contributed by atoms with Crippen molar-refractivity contribution in [2.75, 3.05) is 6.61 Å². The average molecular weight is 383 g/mol. The maximum atomic E-state index is 11.7. The van der Waals surface area contributed by atoms with Crippen molar-refractivity contribution < 1.29 is 51.8 Å².